The van der Waals surface area contributed by atoms with Crippen LogP contribution < -0.4 is 0 Å². The molecule has 66 valence electrons. The van der Waals surface area contributed by atoms with E-state index >= 15 is 0 Å². The standard InChI is InChI=1S/C13H14/c1-2-11-6(1)9-7-3-5-4-8-10(11)13(9,11)12(5,7)8/h5-10H,1-4H2. The highest BCUT2D eigenvalue weighted by Crippen LogP contribution is 3.19. The molecule has 7 saturated carbocycles. The third-order valence-electron chi connectivity index (χ3n) is 8.75. The van der Waals surface area contributed by atoms with E-state index in [4.69, 9.17) is 0 Å². The van der Waals surface area contributed by atoms with Gasteiger partial charge < -0.3 is 0 Å². The maximum atomic E-state index is 1.68. The Morgan fingerprint density at radius 1 is 1.00 bits per heavy atom. The summed E-state index contributed by atoms with van der Waals surface area (Å²) in [7, 11) is 0. The molecular weight excluding hydrogens is 156 g/mol. The lowest BCUT2D eigenvalue weighted by molar-refractivity contribution is -0.464. The lowest BCUT2D eigenvalue weighted by Gasteiger charge is -2.93. The van der Waals surface area contributed by atoms with E-state index in [0.29, 0.717) is 0 Å². The van der Waals surface area contributed by atoms with Gasteiger partial charge in [0.1, 0.15) is 0 Å². The average molecular weight is 170 g/mol. The predicted octanol–water partition coefficient (Wildman–Crippen LogP) is 2.30. The summed E-state index contributed by atoms with van der Waals surface area (Å²) >= 11 is 0. The highest BCUT2D eigenvalue weighted by molar-refractivity contribution is 5.62. The van der Waals surface area contributed by atoms with Gasteiger partial charge in [-0.3, -0.25) is 0 Å². The first-order chi connectivity index (χ1) is 6.42. The lowest BCUT2D eigenvalue weighted by atomic mass is 9.11. The van der Waals surface area contributed by atoms with Crippen molar-refractivity contribution in [3.63, 3.8) is 0 Å². The summed E-state index contributed by atoms with van der Waals surface area (Å²) in [6, 6.07) is 0. The van der Waals surface area contributed by atoms with Crippen LogP contribution in [-0.4, -0.2) is 0 Å². The van der Waals surface area contributed by atoms with Gasteiger partial charge in [0.25, 0.3) is 0 Å². The maximum Gasteiger partial charge on any atom is -0.00999 e. The maximum absolute atomic E-state index is 1.68. The van der Waals surface area contributed by atoms with E-state index in [1.54, 1.807) is 25.7 Å². The molecule has 7 aliphatic rings. The van der Waals surface area contributed by atoms with Gasteiger partial charge in [0, 0.05) is 0 Å². The van der Waals surface area contributed by atoms with Crippen molar-refractivity contribution in [2.45, 2.75) is 25.7 Å². The number of rotatable bonds is 0. The van der Waals surface area contributed by atoms with E-state index in [-0.39, 0.29) is 0 Å². The zero-order valence-corrected chi connectivity index (χ0v) is 7.79. The van der Waals surface area contributed by atoms with Crippen LogP contribution in [-0.2, 0) is 0 Å². The zero-order chi connectivity index (χ0) is 7.79. The molecule has 9 atom stereocenters. The van der Waals surface area contributed by atoms with Crippen molar-refractivity contribution >= 4 is 0 Å². The summed E-state index contributed by atoms with van der Waals surface area (Å²) in [4.78, 5) is 0. The Balaban J connectivity index is 1.64. The number of fused-ring (bicyclic) bond motifs is 3. The summed E-state index contributed by atoms with van der Waals surface area (Å²) < 4.78 is 0. The van der Waals surface area contributed by atoms with E-state index in [1.165, 1.54) is 35.5 Å². The van der Waals surface area contributed by atoms with Gasteiger partial charge in [0.05, 0.1) is 0 Å². The van der Waals surface area contributed by atoms with Crippen LogP contribution in [0.15, 0.2) is 0 Å². The topological polar surface area (TPSA) is 0 Å². The van der Waals surface area contributed by atoms with Crippen LogP contribution in [0.2, 0.25) is 0 Å². The van der Waals surface area contributed by atoms with Crippen molar-refractivity contribution in [1.82, 2.24) is 0 Å². The number of hydrogen-bond acceptors (Lipinski definition) is 0. The van der Waals surface area contributed by atoms with Gasteiger partial charge in [-0.15, -0.1) is 0 Å². The molecule has 0 nitrogen and oxygen atoms in total. The van der Waals surface area contributed by atoms with Crippen LogP contribution in [0.5, 0.6) is 0 Å². The molecule has 3 spiro atoms. The lowest BCUT2D eigenvalue weighted by Crippen LogP contribution is -2.89. The van der Waals surface area contributed by atoms with E-state index in [2.05, 4.69) is 0 Å². The summed E-state index contributed by atoms with van der Waals surface area (Å²) in [5.41, 5.74) is 3.24. The quantitative estimate of drug-likeness (QED) is 0.523. The average Bonchev–Trinajstić information content (AvgIpc) is 2.56. The molecule has 0 bridgehead atoms. The highest BCUT2D eigenvalue weighted by atomic mass is 15.2. The van der Waals surface area contributed by atoms with Crippen LogP contribution in [0.3, 0.4) is 0 Å². The van der Waals surface area contributed by atoms with E-state index in [9.17, 15) is 0 Å². The van der Waals surface area contributed by atoms with Crippen molar-refractivity contribution in [1.29, 1.82) is 0 Å². The summed E-state index contributed by atoms with van der Waals surface area (Å²) in [5, 5.41) is 0. The Labute approximate surface area is 78.1 Å². The fraction of sp³-hybridized carbons (Fsp3) is 1.00. The SMILES string of the molecule is C1CC23C1C1C4CC5CC6C2C13C546. The minimum Gasteiger partial charge on any atom is -0.0490 e. The Bertz CT molecular complexity index is 406. The van der Waals surface area contributed by atoms with Crippen molar-refractivity contribution in [2.24, 2.45) is 51.8 Å². The molecule has 0 heteroatoms. The Morgan fingerprint density at radius 3 is 2.69 bits per heavy atom. The molecule has 0 saturated heterocycles. The molecule has 0 heterocycles. The van der Waals surface area contributed by atoms with E-state index in [1.807, 2.05) is 0 Å². The van der Waals surface area contributed by atoms with Crippen LogP contribution in [0.4, 0.5) is 0 Å². The third kappa shape index (κ3) is 0.170. The van der Waals surface area contributed by atoms with Crippen LogP contribution in [0, 0.1) is 51.8 Å². The second kappa shape index (κ2) is 0.907. The predicted molar refractivity (Wildman–Crippen MR) is 46.7 cm³/mol. The monoisotopic (exact) mass is 170 g/mol. The Morgan fingerprint density at radius 2 is 1.92 bits per heavy atom. The molecule has 0 aromatic rings. The first-order valence-corrected chi connectivity index (χ1v) is 6.42. The minimum absolute atomic E-state index is 1.06. The largest absolute Gasteiger partial charge is 0.0490 e. The van der Waals surface area contributed by atoms with Crippen LogP contribution in [0.25, 0.3) is 0 Å². The van der Waals surface area contributed by atoms with Crippen molar-refractivity contribution < 1.29 is 0 Å². The molecule has 0 radical (unpaired) electrons. The van der Waals surface area contributed by atoms with Gasteiger partial charge in [-0.1, -0.05) is 0 Å². The minimum atomic E-state index is 1.06. The molecule has 0 aliphatic heterocycles. The van der Waals surface area contributed by atoms with Crippen molar-refractivity contribution in [3.05, 3.63) is 0 Å². The molecule has 0 aromatic heterocycles. The smallest absolute Gasteiger partial charge is 0.00999 e. The zero-order valence-electron chi connectivity index (χ0n) is 7.79. The molecule has 0 N–H and O–H groups in total. The van der Waals surface area contributed by atoms with E-state index in [0.717, 1.165) is 16.2 Å². The molecular formula is C13H14. The van der Waals surface area contributed by atoms with Gasteiger partial charge in [-0.25, -0.2) is 0 Å². The summed E-state index contributed by atoms with van der Waals surface area (Å²) in [6.45, 7) is 0. The third-order valence-corrected chi connectivity index (χ3v) is 8.75. The summed E-state index contributed by atoms with van der Waals surface area (Å²) in [6.07, 6.45) is 6.69. The highest BCUT2D eigenvalue weighted by Gasteiger charge is 3.16. The van der Waals surface area contributed by atoms with Gasteiger partial charge in [0.2, 0.25) is 0 Å². The fourth-order valence-corrected chi connectivity index (χ4v) is 9.27. The first kappa shape index (κ1) is 5.19. The van der Waals surface area contributed by atoms with Gasteiger partial charge in [0.15, 0.2) is 0 Å². The normalized spacial score (nSPS) is 102. The second-order valence-corrected chi connectivity index (χ2v) is 7.37. The molecule has 13 heavy (non-hydrogen) atoms. The summed E-state index contributed by atoms with van der Waals surface area (Å²) in [5.74, 6) is 7.82. The second-order valence-electron chi connectivity index (χ2n) is 7.37. The molecule has 0 amide bonds. The van der Waals surface area contributed by atoms with Gasteiger partial charge in [-0.05, 0) is 77.4 Å². The molecule has 0 aromatic carbocycles. The molecule has 7 aliphatic carbocycles. The van der Waals surface area contributed by atoms with Gasteiger partial charge in [-0.2, -0.15) is 0 Å². The van der Waals surface area contributed by atoms with E-state index < -0.39 is 0 Å². The molecule has 7 fully saturated rings. The Kier molecular flexibility index (Phi) is 0.362. The first-order valence-electron chi connectivity index (χ1n) is 6.42. The van der Waals surface area contributed by atoms with Gasteiger partial charge >= 0.3 is 0 Å². The molecule has 9 unspecified atom stereocenters. The van der Waals surface area contributed by atoms with Crippen molar-refractivity contribution in [2.75, 3.05) is 0 Å². The molecule has 7 rings (SSSR count). The Hall–Kier alpha value is 0. The fourth-order valence-electron chi connectivity index (χ4n) is 9.27. The number of hydrogen-bond donors (Lipinski definition) is 0. The van der Waals surface area contributed by atoms with Crippen molar-refractivity contribution in [3.8, 4) is 0 Å². The van der Waals surface area contributed by atoms with Crippen LogP contribution in [0.1, 0.15) is 25.7 Å². The van der Waals surface area contributed by atoms with Crippen LogP contribution >= 0.6 is 0 Å².